The topological polar surface area (TPSA) is 57.1 Å². The lowest BCUT2D eigenvalue weighted by Crippen LogP contribution is -2.41. The van der Waals surface area contributed by atoms with Crippen LogP contribution in [0.15, 0.2) is 23.1 Å². The summed E-state index contributed by atoms with van der Waals surface area (Å²) in [5.74, 6) is -1.45. The maximum Gasteiger partial charge on any atom is 0.498 e. The smallest absolute Gasteiger partial charge is 0.399 e. The Kier molecular flexibility index (Phi) is 12.1. The van der Waals surface area contributed by atoms with E-state index in [4.69, 9.17) is 9.31 Å². The molecule has 1 saturated heterocycles. The van der Waals surface area contributed by atoms with Gasteiger partial charge in [-0.15, -0.1) is 0 Å². The number of hydrogen-bond donors (Lipinski definition) is 0. The van der Waals surface area contributed by atoms with Gasteiger partial charge in [-0.2, -0.15) is 13.2 Å². The molecule has 0 N–H and O–H groups in total. The van der Waals surface area contributed by atoms with Gasteiger partial charge in [0, 0.05) is 23.6 Å². The first-order chi connectivity index (χ1) is 15.1. The Bertz CT molecular complexity index is 840. The summed E-state index contributed by atoms with van der Waals surface area (Å²) in [7, 11) is -0.757. The van der Waals surface area contributed by atoms with Gasteiger partial charge in [-0.1, -0.05) is 27.7 Å². The molecule has 3 heterocycles. The maximum absolute atomic E-state index is 12.8. The number of pyridine rings is 1. The third kappa shape index (κ3) is 8.61. The summed E-state index contributed by atoms with van der Waals surface area (Å²) in [6.45, 7) is 19.0. The van der Waals surface area contributed by atoms with E-state index in [2.05, 4.69) is 30.9 Å². The van der Waals surface area contributed by atoms with Crippen LogP contribution in [0.4, 0.5) is 17.6 Å². The van der Waals surface area contributed by atoms with E-state index in [9.17, 15) is 17.6 Å². The number of aryl methyl sites for hydroxylation is 2. The van der Waals surface area contributed by atoms with E-state index in [1.54, 1.807) is 13.0 Å². The zero-order valence-corrected chi connectivity index (χ0v) is 22.4. The second kappa shape index (κ2) is 12.8. The SMILES string of the molecule is CC.CC.CC1(C)OB(c2cnc(C(F)(F)F)nc2)OC1(C)C.Cc1cc(C)c(F)c(Br)n1. The molecule has 1 aliphatic heterocycles. The molecule has 0 aromatic carbocycles. The summed E-state index contributed by atoms with van der Waals surface area (Å²) in [6.07, 6.45) is -2.38. The molecular formula is C22H33BBrF4N3O2. The van der Waals surface area contributed by atoms with Crippen molar-refractivity contribution in [1.29, 1.82) is 0 Å². The maximum atomic E-state index is 12.8. The van der Waals surface area contributed by atoms with E-state index in [1.807, 2.05) is 62.3 Å². The van der Waals surface area contributed by atoms with Gasteiger partial charge < -0.3 is 9.31 Å². The van der Waals surface area contributed by atoms with Crippen LogP contribution in [0, 0.1) is 19.7 Å². The van der Waals surface area contributed by atoms with Crippen LogP contribution in [0.5, 0.6) is 0 Å². The van der Waals surface area contributed by atoms with Gasteiger partial charge >= 0.3 is 13.3 Å². The van der Waals surface area contributed by atoms with Gasteiger partial charge in [-0.05, 0) is 69.1 Å². The van der Waals surface area contributed by atoms with Crippen molar-refractivity contribution in [2.24, 2.45) is 0 Å². The first kappa shape index (κ1) is 31.4. The van der Waals surface area contributed by atoms with Gasteiger partial charge in [-0.25, -0.2) is 19.3 Å². The zero-order valence-electron chi connectivity index (χ0n) is 20.9. The fourth-order valence-electron chi connectivity index (χ4n) is 2.36. The van der Waals surface area contributed by atoms with Crippen LogP contribution < -0.4 is 5.46 Å². The van der Waals surface area contributed by atoms with Crippen molar-refractivity contribution in [2.45, 2.75) is 86.6 Å². The molecule has 0 aliphatic carbocycles. The Labute approximate surface area is 203 Å². The minimum absolute atomic E-state index is 0.273. The zero-order chi connectivity index (χ0) is 26.2. The van der Waals surface area contributed by atoms with Crippen LogP contribution in [0.25, 0.3) is 0 Å². The Morgan fingerprint density at radius 2 is 1.33 bits per heavy atom. The Morgan fingerprint density at radius 1 is 0.909 bits per heavy atom. The predicted molar refractivity (Wildman–Crippen MR) is 127 cm³/mol. The van der Waals surface area contributed by atoms with Gasteiger partial charge in [0.1, 0.15) is 4.60 Å². The van der Waals surface area contributed by atoms with Crippen molar-refractivity contribution in [3.8, 4) is 0 Å². The van der Waals surface area contributed by atoms with Crippen molar-refractivity contribution in [3.05, 3.63) is 46.0 Å². The highest BCUT2D eigenvalue weighted by atomic mass is 79.9. The minimum Gasteiger partial charge on any atom is -0.399 e. The highest BCUT2D eigenvalue weighted by Crippen LogP contribution is 2.36. The molecular weight excluding hydrogens is 505 g/mol. The van der Waals surface area contributed by atoms with Crippen molar-refractivity contribution < 1.29 is 26.9 Å². The van der Waals surface area contributed by atoms with E-state index >= 15 is 0 Å². The van der Waals surface area contributed by atoms with Gasteiger partial charge in [0.15, 0.2) is 5.82 Å². The fourth-order valence-corrected chi connectivity index (χ4v) is 2.95. The first-order valence-corrected chi connectivity index (χ1v) is 11.5. The van der Waals surface area contributed by atoms with Gasteiger partial charge in [-0.3, -0.25) is 0 Å². The molecule has 0 unspecified atom stereocenters. The number of rotatable bonds is 1. The molecule has 0 bridgehead atoms. The molecule has 2 aromatic heterocycles. The van der Waals surface area contributed by atoms with Crippen LogP contribution in [-0.4, -0.2) is 33.3 Å². The molecule has 2 aromatic rings. The molecule has 33 heavy (non-hydrogen) atoms. The second-order valence-electron chi connectivity index (χ2n) is 7.61. The van der Waals surface area contributed by atoms with E-state index in [0.717, 1.165) is 18.1 Å². The summed E-state index contributed by atoms with van der Waals surface area (Å²) in [5, 5.41) is 0. The highest BCUT2D eigenvalue weighted by molar-refractivity contribution is 9.10. The first-order valence-electron chi connectivity index (χ1n) is 10.7. The van der Waals surface area contributed by atoms with Crippen molar-refractivity contribution in [3.63, 3.8) is 0 Å². The molecule has 0 amide bonds. The van der Waals surface area contributed by atoms with E-state index in [0.29, 0.717) is 15.6 Å². The summed E-state index contributed by atoms with van der Waals surface area (Å²) in [6, 6.07) is 1.71. The molecule has 0 spiro atoms. The van der Waals surface area contributed by atoms with E-state index in [-0.39, 0.29) is 5.82 Å². The van der Waals surface area contributed by atoms with Gasteiger partial charge in [0.2, 0.25) is 5.82 Å². The molecule has 1 aliphatic rings. The number of halogens is 5. The normalized spacial score (nSPS) is 15.9. The van der Waals surface area contributed by atoms with Crippen LogP contribution in [0.3, 0.4) is 0 Å². The van der Waals surface area contributed by atoms with E-state index in [1.165, 1.54) is 0 Å². The summed E-state index contributed by atoms with van der Waals surface area (Å²) in [4.78, 5) is 10.5. The fraction of sp³-hybridized carbons (Fsp3) is 0.591. The largest absolute Gasteiger partial charge is 0.498 e. The van der Waals surface area contributed by atoms with Gasteiger partial charge in [0.05, 0.1) is 11.2 Å². The number of nitrogens with zero attached hydrogens (tertiary/aromatic N) is 3. The van der Waals surface area contributed by atoms with Crippen molar-refractivity contribution in [1.82, 2.24) is 15.0 Å². The lowest BCUT2D eigenvalue weighted by atomic mass is 9.81. The molecule has 1 fully saturated rings. The average molecular weight is 538 g/mol. The third-order valence-corrected chi connectivity index (χ3v) is 5.20. The van der Waals surface area contributed by atoms with Crippen molar-refractivity contribution in [2.75, 3.05) is 0 Å². The monoisotopic (exact) mass is 537 g/mol. The average Bonchev–Trinajstić information content (AvgIpc) is 2.96. The quantitative estimate of drug-likeness (QED) is 0.238. The van der Waals surface area contributed by atoms with Crippen LogP contribution in [0.2, 0.25) is 0 Å². The summed E-state index contributed by atoms with van der Waals surface area (Å²) >= 11 is 3.01. The lowest BCUT2D eigenvalue weighted by Gasteiger charge is -2.32. The van der Waals surface area contributed by atoms with Crippen LogP contribution in [0.1, 0.15) is 72.5 Å². The molecule has 0 saturated carbocycles. The number of hydrogen-bond acceptors (Lipinski definition) is 5. The predicted octanol–water partition coefficient (Wildman–Crippen LogP) is 6.45. The molecule has 186 valence electrons. The lowest BCUT2D eigenvalue weighted by molar-refractivity contribution is -0.144. The Morgan fingerprint density at radius 3 is 1.70 bits per heavy atom. The van der Waals surface area contributed by atoms with Crippen LogP contribution >= 0.6 is 15.9 Å². The van der Waals surface area contributed by atoms with Crippen LogP contribution in [-0.2, 0) is 15.5 Å². The summed E-state index contributed by atoms with van der Waals surface area (Å²) < 4.78 is 61.5. The van der Waals surface area contributed by atoms with E-state index < -0.39 is 30.3 Å². The van der Waals surface area contributed by atoms with Gasteiger partial charge in [0.25, 0.3) is 0 Å². The highest BCUT2D eigenvalue weighted by Gasteiger charge is 2.52. The third-order valence-electron chi connectivity index (χ3n) is 4.68. The number of aromatic nitrogens is 3. The summed E-state index contributed by atoms with van der Waals surface area (Å²) in [5.41, 5.74) is 0.706. The second-order valence-corrected chi connectivity index (χ2v) is 8.36. The Hall–Kier alpha value is -1.59. The Balaban J connectivity index is 0.000000617. The molecule has 11 heteroatoms. The standard InChI is InChI=1S/C11H14BF3N2O2.C7H7BrFN.2C2H6/c1-9(2)10(3,4)19-12(18-9)7-5-16-8(17-6-7)11(13,14)15;1-4-3-5(2)10-7(8)6(4)9;2*1-2/h5-6H,1-4H3;3H,1-2H3;2*1-2H3. The molecule has 3 rings (SSSR count). The minimum atomic E-state index is -4.55. The number of alkyl halides is 3. The molecule has 0 radical (unpaired) electrons. The molecule has 5 nitrogen and oxygen atoms in total. The molecule has 0 atom stereocenters. The van der Waals surface area contributed by atoms with Crippen molar-refractivity contribution >= 4 is 28.5 Å².